The molecule has 2 aromatic rings. The van der Waals surface area contributed by atoms with Gasteiger partial charge < -0.3 is 15.8 Å². The van der Waals surface area contributed by atoms with Crippen molar-refractivity contribution < 1.29 is 9.53 Å². The van der Waals surface area contributed by atoms with Crippen LogP contribution in [0.15, 0.2) is 54.6 Å². The van der Waals surface area contributed by atoms with Crippen LogP contribution < -0.4 is 11.1 Å². The van der Waals surface area contributed by atoms with Crippen LogP contribution >= 0.6 is 0 Å². The second kappa shape index (κ2) is 9.29. The van der Waals surface area contributed by atoms with E-state index in [1.165, 1.54) is 0 Å². The van der Waals surface area contributed by atoms with Crippen molar-refractivity contribution in [1.29, 1.82) is 0 Å². The number of alkyl carbamates (subject to hydrolysis) is 1. The predicted molar refractivity (Wildman–Crippen MR) is 90.7 cm³/mol. The first-order valence-corrected chi connectivity index (χ1v) is 7.51. The first-order chi connectivity index (χ1) is 11.3. The number of amides is 1. The van der Waals surface area contributed by atoms with Gasteiger partial charge in [0.2, 0.25) is 0 Å². The Morgan fingerprint density at radius 1 is 1.09 bits per heavy atom. The summed E-state index contributed by atoms with van der Waals surface area (Å²) in [7, 11) is 0. The number of nitrogens with one attached hydrogen (secondary N) is 1. The average molecular weight is 308 g/mol. The Kier molecular flexibility index (Phi) is 6.70. The van der Waals surface area contributed by atoms with Gasteiger partial charge in [-0.15, -0.1) is 0 Å². The van der Waals surface area contributed by atoms with Gasteiger partial charge in [0.15, 0.2) is 0 Å². The summed E-state index contributed by atoms with van der Waals surface area (Å²) in [5, 5.41) is 2.62. The summed E-state index contributed by atoms with van der Waals surface area (Å²) in [6.07, 6.45) is 0.315. The molecular formula is C19H20N2O2. The van der Waals surface area contributed by atoms with Crippen molar-refractivity contribution >= 4 is 6.09 Å². The van der Waals surface area contributed by atoms with Gasteiger partial charge in [0.05, 0.1) is 6.54 Å². The SMILES string of the molecule is NCCc1ccccc1C#CCNC(=O)OCc1ccccc1. The maximum absolute atomic E-state index is 11.6. The van der Waals surface area contributed by atoms with Crippen molar-refractivity contribution in [2.45, 2.75) is 13.0 Å². The van der Waals surface area contributed by atoms with Crippen molar-refractivity contribution in [2.75, 3.05) is 13.1 Å². The summed E-state index contributed by atoms with van der Waals surface area (Å²) in [6, 6.07) is 17.4. The minimum Gasteiger partial charge on any atom is -0.445 e. The smallest absolute Gasteiger partial charge is 0.408 e. The number of hydrogen-bond acceptors (Lipinski definition) is 3. The topological polar surface area (TPSA) is 64.3 Å². The van der Waals surface area contributed by atoms with Gasteiger partial charge in [-0.3, -0.25) is 0 Å². The summed E-state index contributed by atoms with van der Waals surface area (Å²) < 4.78 is 5.11. The quantitative estimate of drug-likeness (QED) is 0.834. The van der Waals surface area contributed by atoms with E-state index in [0.717, 1.165) is 23.1 Å². The zero-order valence-electron chi connectivity index (χ0n) is 12.9. The van der Waals surface area contributed by atoms with E-state index in [4.69, 9.17) is 10.5 Å². The minimum atomic E-state index is -0.474. The summed E-state index contributed by atoms with van der Waals surface area (Å²) in [5.41, 5.74) is 8.59. The van der Waals surface area contributed by atoms with Gasteiger partial charge in [0.25, 0.3) is 0 Å². The molecule has 0 fully saturated rings. The van der Waals surface area contributed by atoms with E-state index in [0.29, 0.717) is 6.54 Å². The number of rotatable bonds is 5. The third-order valence-electron chi connectivity index (χ3n) is 3.19. The number of carbonyl (C=O) groups is 1. The van der Waals surface area contributed by atoms with E-state index in [1.54, 1.807) is 0 Å². The van der Waals surface area contributed by atoms with E-state index in [9.17, 15) is 4.79 Å². The number of benzene rings is 2. The lowest BCUT2D eigenvalue weighted by molar-refractivity contribution is 0.141. The largest absolute Gasteiger partial charge is 0.445 e. The molecule has 0 aromatic heterocycles. The highest BCUT2D eigenvalue weighted by Gasteiger charge is 2.00. The van der Waals surface area contributed by atoms with E-state index < -0.39 is 6.09 Å². The highest BCUT2D eigenvalue weighted by molar-refractivity contribution is 5.67. The highest BCUT2D eigenvalue weighted by Crippen LogP contribution is 2.07. The van der Waals surface area contributed by atoms with Crippen molar-refractivity contribution in [3.05, 3.63) is 71.3 Å². The molecule has 0 radical (unpaired) electrons. The molecule has 0 atom stereocenters. The Hall–Kier alpha value is -2.77. The summed E-state index contributed by atoms with van der Waals surface area (Å²) in [6.45, 7) is 1.08. The van der Waals surface area contributed by atoms with Gasteiger partial charge in [-0.2, -0.15) is 0 Å². The van der Waals surface area contributed by atoms with Crippen molar-refractivity contribution in [3.8, 4) is 11.8 Å². The zero-order chi connectivity index (χ0) is 16.3. The molecule has 23 heavy (non-hydrogen) atoms. The van der Waals surface area contributed by atoms with Crippen LogP contribution in [-0.2, 0) is 17.8 Å². The monoisotopic (exact) mass is 308 g/mol. The second-order valence-electron chi connectivity index (χ2n) is 4.91. The summed E-state index contributed by atoms with van der Waals surface area (Å²) in [5.74, 6) is 5.98. The molecule has 0 unspecified atom stereocenters. The molecule has 0 aliphatic carbocycles. The molecule has 0 bridgehead atoms. The van der Waals surface area contributed by atoms with Crippen LogP contribution in [0.4, 0.5) is 4.79 Å². The fourth-order valence-electron chi connectivity index (χ4n) is 2.05. The maximum Gasteiger partial charge on any atom is 0.408 e. The van der Waals surface area contributed by atoms with Crippen LogP contribution in [0.2, 0.25) is 0 Å². The molecule has 2 rings (SSSR count). The highest BCUT2D eigenvalue weighted by atomic mass is 16.5. The van der Waals surface area contributed by atoms with Gasteiger partial charge in [-0.05, 0) is 30.2 Å². The molecule has 0 saturated heterocycles. The Bertz CT molecular complexity index is 687. The van der Waals surface area contributed by atoms with E-state index in [1.807, 2.05) is 54.6 Å². The fraction of sp³-hybridized carbons (Fsp3) is 0.211. The minimum absolute atomic E-state index is 0.241. The van der Waals surface area contributed by atoms with E-state index in [-0.39, 0.29) is 13.2 Å². The van der Waals surface area contributed by atoms with Crippen LogP contribution in [0.3, 0.4) is 0 Å². The number of hydrogen-bond donors (Lipinski definition) is 2. The third kappa shape index (κ3) is 5.85. The summed E-state index contributed by atoms with van der Waals surface area (Å²) >= 11 is 0. The lowest BCUT2D eigenvalue weighted by Gasteiger charge is -2.04. The molecule has 0 aliphatic rings. The van der Waals surface area contributed by atoms with E-state index in [2.05, 4.69) is 17.2 Å². The molecule has 4 heteroatoms. The van der Waals surface area contributed by atoms with Crippen LogP contribution in [-0.4, -0.2) is 19.2 Å². The molecule has 0 heterocycles. The number of ether oxygens (including phenoxy) is 1. The molecule has 0 aliphatic heterocycles. The van der Waals surface area contributed by atoms with Crippen LogP contribution in [0.5, 0.6) is 0 Å². The third-order valence-corrected chi connectivity index (χ3v) is 3.19. The van der Waals surface area contributed by atoms with Crippen molar-refractivity contribution in [1.82, 2.24) is 5.32 Å². The van der Waals surface area contributed by atoms with Gasteiger partial charge in [-0.1, -0.05) is 60.4 Å². The predicted octanol–water partition coefficient (Wildman–Crippen LogP) is 2.47. The lowest BCUT2D eigenvalue weighted by atomic mass is 10.1. The molecule has 0 spiro atoms. The first-order valence-electron chi connectivity index (χ1n) is 7.51. The molecule has 1 amide bonds. The van der Waals surface area contributed by atoms with Crippen LogP contribution in [0.25, 0.3) is 0 Å². The van der Waals surface area contributed by atoms with Gasteiger partial charge in [-0.25, -0.2) is 4.79 Å². The molecule has 118 valence electrons. The van der Waals surface area contributed by atoms with Crippen molar-refractivity contribution in [3.63, 3.8) is 0 Å². The van der Waals surface area contributed by atoms with E-state index >= 15 is 0 Å². The molecular weight excluding hydrogens is 288 g/mol. The zero-order valence-corrected chi connectivity index (χ0v) is 12.9. The van der Waals surface area contributed by atoms with Gasteiger partial charge in [0.1, 0.15) is 6.61 Å². The molecule has 4 nitrogen and oxygen atoms in total. The molecule has 2 aromatic carbocycles. The Labute approximate surface area is 136 Å². The summed E-state index contributed by atoms with van der Waals surface area (Å²) in [4.78, 5) is 11.6. The molecule has 0 saturated carbocycles. The lowest BCUT2D eigenvalue weighted by Crippen LogP contribution is -2.24. The maximum atomic E-state index is 11.6. The Balaban J connectivity index is 1.78. The van der Waals surface area contributed by atoms with Crippen LogP contribution in [0, 0.1) is 11.8 Å². The van der Waals surface area contributed by atoms with Gasteiger partial charge in [0, 0.05) is 5.56 Å². The average Bonchev–Trinajstić information content (AvgIpc) is 2.59. The van der Waals surface area contributed by atoms with Crippen LogP contribution in [0.1, 0.15) is 16.7 Å². The fourth-order valence-corrected chi connectivity index (χ4v) is 2.05. The normalized spacial score (nSPS) is 9.61. The number of carbonyl (C=O) groups excluding carboxylic acids is 1. The first kappa shape index (κ1) is 16.6. The molecule has 3 N–H and O–H groups in total. The van der Waals surface area contributed by atoms with Gasteiger partial charge >= 0.3 is 6.09 Å². The second-order valence-corrected chi connectivity index (χ2v) is 4.91. The van der Waals surface area contributed by atoms with Crippen molar-refractivity contribution in [2.24, 2.45) is 5.73 Å². The standard InChI is InChI=1S/C19H20N2O2/c20-13-12-18-10-5-4-9-17(18)11-6-14-21-19(22)23-15-16-7-2-1-3-8-16/h1-5,7-10H,12-15,20H2,(H,21,22). The Morgan fingerprint density at radius 3 is 2.61 bits per heavy atom. The Morgan fingerprint density at radius 2 is 1.83 bits per heavy atom. The number of nitrogens with two attached hydrogens (primary N) is 1.